The number of oxime groups is 1. The molecule has 0 aromatic heterocycles. The number of carbonyl (C=O) groups excluding carboxylic acids is 1. The molecule has 3 aromatic carbocycles. The van der Waals surface area contributed by atoms with Crippen molar-refractivity contribution in [2.45, 2.75) is 11.5 Å². The zero-order valence-electron chi connectivity index (χ0n) is 15.6. The fourth-order valence-electron chi connectivity index (χ4n) is 4.02. The van der Waals surface area contributed by atoms with Crippen LogP contribution in [0.15, 0.2) is 95.2 Å². The Kier molecular flexibility index (Phi) is 4.68. The molecule has 7 heteroatoms. The van der Waals surface area contributed by atoms with Gasteiger partial charge in [-0.15, -0.1) is 0 Å². The Morgan fingerprint density at radius 2 is 1.57 bits per heavy atom. The van der Waals surface area contributed by atoms with E-state index in [0.717, 1.165) is 16.8 Å². The number of rotatable bonds is 3. The minimum absolute atomic E-state index is 0.469. The molecular formula is C23H15BrClN3O2. The van der Waals surface area contributed by atoms with Crippen LogP contribution in [0.1, 0.15) is 17.0 Å². The van der Waals surface area contributed by atoms with Gasteiger partial charge in [-0.25, -0.2) is 9.80 Å². The summed E-state index contributed by atoms with van der Waals surface area (Å²) in [7, 11) is 0. The van der Waals surface area contributed by atoms with E-state index in [9.17, 15) is 4.79 Å². The lowest BCUT2D eigenvalue weighted by Crippen LogP contribution is -2.58. The molecule has 30 heavy (non-hydrogen) atoms. The predicted molar refractivity (Wildman–Crippen MR) is 121 cm³/mol. The molecule has 0 saturated carbocycles. The van der Waals surface area contributed by atoms with E-state index in [1.165, 1.54) is 0 Å². The lowest BCUT2D eigenvalue weighted by Gasteiger charge is -2.35. The number of para-hydroxylation sites is 1. The predicted octanol–water partition coefficient (Wildman–Crippen LogP) is 5.35. The van der Waals surface area contributed by atoms with E-state index in [2.05, 4.69) is 21.1 Å². The fraction of sp³-hybridized carbons (Fsp3) is 0.0870. The average molecular weight is 481 g/mol. The summed E-state index contributed by atoms with van der Waals surface area (Å²) in [5, 5.41) is 11.3. The quantitative estimate of drug-likeness (QED) is 0.475. The van der Waals surface area contributed by atoms with Crippen molar-refractivity contribution in [3.8, 4) is 0 Å². The summed E-state index contributed by atoms with van der Waals surface area (Å²) in [6.45, 7) is 0. The van der Waals surface area contributed by atoms with Crippen LogP contribution in [-0.2, 0) is 9.63 Å². The normalized spacial score (nSPS) is 22.8. The summed E-state index contributed by atoms with van der Waals surface area (Å²) >= 11 is 9.74. The second-order valence-electron chi connectivity index (χ2n) is 7.01. The summed E-state index contributed by atoms with van der Waals surface area (Å²) in [5.41, 5.74) is 1.63. The minimum Gasteiger partial charge on any atom is -0.315 e. The Morgan fingerprint density at radius 1 is 0.933 bits per heavy atom. The Balaban J connectivity index is 1.77. The highest BCUT2D eigenvalue weighted by atomic mass is 79.9. The van der Waals surface area contributed by atoms with E-state index in [1.54, 1.807) is 17.1 Å². The number of hydrazone groups is 1. The highest BCUT2D eigenvalue weighted by Crippen LogP contribution is 2.49. The average Bonchev–Trinajstić information content (AvgIpc) is 3.28. The molecule has 2 aliphatic heterocycles. The van der Waals surface area contributed by atoms with Crippen LogP contribution in [0, 0.1) is 0 Å². The summed E-state index contributed by atoms with van der Waals surface area (Å²) in [5.74, 6) is -0.952. The van der Waals surface area contributed by atoms with Gasteiger partial charge in [0.05, 0.1) is 11.6 Å². The summed E-state index contributed by atoms with van der Waals surface area (Å²) < 4.78 is 0.608. The molecule has 5 rings (SSSR count). The van der Waals surface area contributed by atoms with Crippen LogP contribution in [0.2, 0.25) is 5.02 Å². The number of hydrogen-bond acceptors (Lipinski definition) is 5. The van der Waals surface area contributed by atoms with Crippen molar-refractivity contribution < 1.29 is 9.63 Å². The lowest BCUT2D eigenvalue weighted by atomic mass is 9.75. The van der Waals surface area contributed by atoms with Gasteiger partial charge in [0.1, 0.15) is 10.3 Å². The molecule has 2 unspecified atom stereocenters. The van der Waals surface area contributed by atoms with Crippen LogP contribution in [-0.4, -0.2) is 21.8 Å². The highest BCUT2D eigenvalue weighted by molar-refractivity contribution is 9.18. The fourth-order valence-corrected chi connectivity index (χ4v) is 4.90. The third-order valence-corrected chi connectivity index (χ3v) is 6.20. The number of nitrogens with zero attached hydrogens (tertiary/aromatic N) is 3. The summed E-state index contributed by atoms with van der Waals surface area (Å²) in [4.78, 5) is 18.8. The third-order valence-electron chi connectivity index (χ3n) is 5.33. The van der Waals surface area contributed by atoms with Crippen molar-refractivity contribution in [2.24, 2.45) is 10.3 Å². The standard InChI is InChI=1S/C23H15BrClN3O2/c24-21-19(15-11-13-17(25)14-12-15)23(28(26-21)18-9-5-2-6-10-18)20(27-30-22(23)29)16-7-3-1-4-8-16/h1-14,19H. The maximum Gasteiger partial charge on any atom is 0.369 e. The zero-order valence-corrected chi connectivity index (χ0v) is 17.9. The van der Waals surface area contributed by atoms with Gasteiger partial charge in [0.25, 0.3) is 0 Å². The molecule has 1 spiro atoms. The van der Waals surface area contributed by atoms with Crippen LogP contribution in [0.4, 0.5) is 5.69 Å². The van der Waals surface area contributed by atoms with Gasteiger partial charge >= 0.3 is 5.97 Å². The lowest BCUT2D eigenvalue weighted by molar-refractivity contribution is -0.144. The Bertz CT molecular complexity index is 1170. The van der Waals surface area contributed by atoms with Crippen molar-refractivity contribution in [3.05, 3.63) is 101 Å². The first-order valence-electron chi connectivity index (χ1n) is 9.32. The first-order chi connectivity index (χ1) is 14.6. The van der Waals surface area contributed by atoms with E-state index in [4.69, 9.17) is 21.5 Å². The smallest absolute Gasteiger partial charge is 0.315 e. The number of hydrogen-bond donors (Lipinski definition) is 0. The second-order valence-corrected chi connectivity index (χ2v) is 8.25. The molecule has 148 valence electrons. The number of benzene rings is 3. The van der Waals surface area contributed by atoms with E-state index in [-0.39, 0.29) is 0 Å². The molecule has 0 fully saturated rings. The number of halogens is 2. The summed E-state index contributed by atoms with van der Waals surface area (Å²) in [6.07, 6.45) is 0. The second kappa shape index (κ2) is 7.38. The summed E-state index contributed by atoms with van der Waals surface area (Å²) in [6, 6.07) is 26.5. The monoisotopic (exact) mass is 479 g/mol. The highest BCUT2D eigenvalue weighted by Gasteiger charge is 2.65. The molecular weight excluding hydrogens is 466 g/mol. The Labute approximate surface area is 186 Å². The number of carbonyl (C=O) groups is 1. The van der Waals surface area contributed by atoms with Crippen molar-refractivity contribution in [3.63, 3.8) is 0 Å². The van der Waals surface area contributed by atoms with Crippen LogP contribution in [0.3, 0.4) is 0 Å². The van der Waals surface area contributed by atoms with Crippen LogP contribution < -0.4 is 5.01 Å². The van der Waals surface area contributed by atoms with E-state index in [1.807, 2.05) is 72.8 Å². The molecule has 2 aliphatic rings. The first-order valence-corrected chi connectivity index (χ1v) is 10.5. The van der Waals surface area contributed by atoms with Gasteiger partial charge in [-0.05, 0) is 45.8 Å². The minimum atomic E-state index is -1.30. The van der Waals surface area contributed by atoms with Crippen molar-refractivity contribution >= 4 is 49.5 Å². The van der Waals surface area contributed by atoms with Crippen LogP contribution >= 0.6 is 27.5 Å². The maximum atomic E-state index is 13.5. The molecule has 0 radical (unpaired) electrons. The van der Waals surface area contributed by atoms with Gasteiger partial charge in [-0.2, -0.15) is 5.10 Å². The SMILES string of the molecule is O=C1ON=C(c2ccccc2)C12C(c1ccc(Cl)cc1)C(Br)=NN2c1ccccc1. The van der Waals surface area contributed by atoms with Crippen molar-refractivity contribution in [1.82, 2.24) is 0 Å². The third kappa shape index (κ3) is 2.79. The van der Waals surface area contributed by atoms with Crippen molar-refractivity contribution in [1.29, 1.82) is 0 Å². The van der Waals surface area contributed by atoms with Crippen LogP contribution in [0.25, 0.3) is 0 Å². The van der Waals surface area contributed by atoms with E-state index >= 15 is 0 Å². The van der Waals surface area contributed by atoms with E-state index in [0.29, 0.717) is 15.4 Å². The molecule has 0 bridgehead atoms. The molecule has 0 amide bonds. The molecule has 3 aromatic rings. The van der Waals surface area contributed by atoms with Crippen LogP contribution in [0.5, 0.6) is 0 Å². The van der Waals surface area contributed by atoms with E-state index < -0.39 is 17.4 Å². The Morgan fingerprint density at radius 3 is 2.23 bits per heavy atom. The molecule has 2 atom stereocenters. The molecule has 5 nitrogen and oxygen atoms in total. The molecule has 0 aliphatic carbocycles. The molecule has 0 N–H and O–H groups in total. The molecule has 0 saturated heterocycles. The van der Waals surface area contributed by atoms with Gasteiger partial charge in [0.2, 0.25) is 5.54 Å². The topological polar surface area (TPSA) is 54.3 Å². The van der Waals surface area contributed by atoms with Gasteiger partial charge in [-0.1, -0.05) is 77.4 Å². The van der Waals surface area contributed by atoms with Crippen molar-refractivity contribution in [2.75, 3.05) is 5.01 Å². The van der Waals surface area contributed by atoms with Gasteiger partial charge < -0.3 is 4.84 Å². The maximum absolute atomic E-state index is 13.5. The van der Waals surface area contributed by atoms with Gasteiger partial charge in [0, 0.05) is 10.6 Å². The van der Waals surface area contributed by atoms with Gasteiger partial charge in [-0.3, -0.25) is 0 Å². The first kappa shape index (κ1) is 19.0. The molecule has 2 heterocycles. The van der Waals surface area contributed by atoms with Gasteiger partial charge in [0.15, 0.2) is 0 Å². The Hall–Kier alpha value is -2.96. The number of anilines is 1. The zero-order chi connectivity index (χ0) is 20.7. The largest absolute Gasteiger partial charge is 0.369 e.